The van der Waals surface area contributed by atoms with E-state index in [4.69, 9.17) is 9.72 Å². The third kappa shape index (κ3) is 7.38. The van der Waals surface area contributed by atoms with Crippen LogP contribution in [0, 0.1) is 18.5 Å². The SMILES string of the molecule is CC(C)(C)c1ccnc(-n2c3[c-]c(Oc4[c-]c(-n5[c-][n+](-c6cccc(-c7ccccc7)c6)c(C(C)(C)C)c5C(C)(C)C)ccc4)ccc3c3ccccc32)c1.[Pt]. The summed E-state index contributed by atoms with van der Waals surface area (Å²) in [7, 11) is 0. The smallest absolute Gasteiger partial charge is 0.267 e. The van der Waals surface area contributed by atoms with Gasteiger partial charge in [-0.25, -0.2) is 4.98 Å². The second-order valence-electron chi connectivity index (χ2n) is 17.5. The number of hydrogen-bond acceptors (Lipinski definition) is 2. The monoisotopic (exact) mass is 915 g/mol. The van der Waals surface area contributed by atoms with Crippen LogP contribution in [0.5, 0.6) is 11.5 Å². The molecule has 8 aromatic rings. The van der Waals surface area contributed by atoms with E-state index in [1.54, 1.807) is 0 Å². The van der Waals surface area contributed by atoms with Gasteiger partial charge in [-0.1, -0.05) is 128 Å². The molecule has 6 heteroatoms. The third-order valence-electron chi connectivity index (χ3n) is 10.1. The largest absolute Gasteiger partial charge is 0.510 e. The molecule has 0 N–H and O–H groups in total. The Morgan fingerprint density at radius 1 is 0.607 bits per heavy atom. The fourth-order valence-electron chi connectivity index (χ4n) is 7.53. The molecule has 3 heterocycles. The van der Waals surface area contributed by atoms with Gasteiger partial charge in [0, 0.05) is 44.3 Å². The number of nitrogens with zero attached hydrogens (tertiary/aromatic N) is 4. The quantitative estimate of drug-likeness (QED) is 0.123. The second kappa shape index (κ2) is 14.7. The summed E-state index contributed by atoms with van der Waals surface area (Å²) in [5.74, 6) is 2.06. The van der Waals surface area contributed by atoms with Crippen LogP contribution in [-0.4, -0.2) is 14.1 Å². The van der Waals surface area contributed by atoms with Gasteiger partial charge in [0.05, 0.1) is 17.1 Å². The van der Waals surface area contributed by atoms with Gasteiger partial charge >= 0.3 is 0 Å². The van der Waals surface area contributed by atoms with Crippen LogP contribution in [0.2, 0.25) is 0 Å². The fourth-order valence-corrected chi connectivity index (χ4v) is 7.53. The molecule has 0 amide bonds. The van der Waals surface area contributed by atoms with Gasteiger partial charge in [-0.05, 0) is 74.3 Å². The molecular formula is C50H48N4OPt-2. The molecule has 8 rings (SSSR count). The number of rotatable bonds is 6. The number of benzene rings is 5. The van der Waals surface area contributed by atoms with Crippen LogP contribution < -0.4 is 9.30 Å². The van der Waals surface area contributed by atoms with Crippen LogP contribution in [0.4, 0.5) is 0 Å². The molecule has 5 nitrogen and oxygen atoms in total. The molecule has 286 valence electrons. The molecule has 0 fully saturated rings. The van der Waals surface area contributed by atoms with E-state index < -0.39 is 0 Å². The maximum atomic E-state index is 6.61. The molecule has 0 saturated carbocycles. The Kier molecular flexibility index (Phi) is 10.2. The fraction of sp³-hybridized carbons (Fsp3) is 0.240. The molecule has 0 aliphatic rings. The van der Waals surface area contributed by atoms with E-state index in [0.29, 0.717) is 11.5 Å². The Hall–Kier alpha value is -5.25. The van der Waals surface area contributed by atoms with E-state index in [1.165, 1.54) is 22.5 Å². The first kappa shape index (κ1) is 39.0. The summed E-state index contributed by atoms with van der Waals surface area (Å²) in [4.78, 5) is 4.84. The standard InChI is InChI=1S/C50H48N4O.Pt/c1-48(2,3)36-27-28-51-45(30-36)54-43-24-14-13-23-41(43)42-26-25-40(32-44(42)54)55-39-22-16-21-38(31-39)53-33-52(46(49(4,5)6)47(53)50(7,8)9)37-20-15-19-35(29-37)34-17-11-10-12-18-34;/h10-30H,1-9H3;/q-2;. The topological polar surface area (TPSA) is 35.9 Å². The molecule has 0 aliphatic heterocycles. The van der Waals surface area contributed by atoms with Gasteiger partial charge in [0.1, 0.15) is 5.82 Å². The third-order valence-corrected chi connectivity index (χ3v) is 10.1. The Morgan fingerprint density at radius 3 is 2.04 bits per heavy atom. The minimum atomic E-state index is -0.212. The first-order valence-electron chi connectivity index (χ1n) is 19.1. The molecule has 0 saturated heterocycles. The van der Waals surface area contributed by atoms with Crippen molar-refractivity contribution in [2.45, 2.75) is 78.6 Å². The van der Waals surface area contributed by atoms with Crippen LogP contribution in [0.1, 0.15) is 79.3 Å². The summed E-state index contributed by atoms with van der Waals surface area (Å²) >= 11 is 0. The first-order valence-corrected chi connectivity index (χ1v) is 19.1. The minimum absolute atomic E-state index is 0. The number of ether oxygens (including phenoxy) is 1. The van der Waals surface area contributed by atoms with E-state index in [9.17, 15) is 0 Å². The second-order valence-corrected chi connectivity index (χ2v) is 17.5. The predicted octanol–water partition coefficient (Wildman–Crippen LogP) is 12.0. The van der Waals surface area contributed by atoms with Crippen molar-refractivity contribution in [3.8, 4) is 39.8 Å². The van der Waals surface area contributed by atoms with Crippen molar-refractivity contribution >= 4 is 21.8 Å². The van der Waals surface area contributed by atoms with E-state index >= 15 is 0 Å². The number of hydrogen-bond donors (Lipinski definition) is 0. The van der Waals surface area contributed by atoms with Gasteiger partial charge in [0.15, 0.2) is 0 Å². The van der Waals surface area contributed by atoms with Crippen LogP contribution in [0.25, 0.3) is 50.1 Å². The van der Waals surface area contributed by atoms with Crippen LogP contribution in [0.15, 0.2) is 128 Å². The average molecular weight is 916 g/mol. The van der Waals surface area contributed by atoms with E-state index in [1.807, 2.05) is 24.4 Å². The zero-order chi connectivity index (χ0) is 38.7. The van der Waals surface area contributed by atoms with Crippen LogP contribution in [-0.2, 0) is 37.3 Å². The predicted molar refractivity (Wildman–Crippen MR) is 224 cm³/mol. The molecule has 0 aliphatic carbocycles. The van der Waals surface area contributed by atoms with Gasteiger partial charge < -0.3 is 13.9 Å². The molecule has 56 heavy (non-hydrogen) atoms. The van der Waals surface area contributed by atoms with Crippen LogP contribution in [0.3, 0.4) is 0 Å². The Morgan fingerprint density at radius 2 is 1.30 bits per heavy atom. The van der Waals surface area contributed by atoms with Crippen molar-refractivity contribution in [2.24, 2.45) is 0 Å². The van der Waals surface area contributed by atoms with E-state index in [2.05, 4.69) is 198 Å². The van der Waals surface area contributed by atoms with Crippen molar-refractivity contribution in [3.63, 3.8) is 0 Å². The summed E-state index contributed by atoms with van der Waals surface area (Å²) in [5, 5.41) is 2.24. The zero-order valence-corrected chi connectivity index (χ0v) is 35.9. The molecule has 0 atom stereocenters. The van der Waals surface area contributed by atoms with Gasteiger partial charge in [0.2, 0.25) is 0 Å². The summed E-state index contributed by atoms with van der Waals surface area (Å²) < 4.78 is 13.2. The van der Waals surface area contributed by atoms with Gasteiger partial charge in [-0.3, -0.25) is 4.57 Å². The van der Waals surface area contributed by atoms with E-state index in [-0.39, 0.29) is 37.3 Å². The molecule has 3 aromatic heterocycles. The van der Waals surface area contributed by atoms with Crippen molar-refractivity contribution in [1.82, 2.24) is 14.1 Å². The summed E-state index contributed by atoms with van der Waals surface area (Å²) in [6, 6.07) is 49.4. The summed E-state index contributed by atoms with van der Waals surface area (Å²) in [6.07, 6.45) is 5.67. The Balaban J connectivity index is 0.00000480. The first-order chi connectivity index (χ1) is 26.2. The molecule has 0 bridgehead atoms. The zero-order valence-electron chi connectivity index (χ0n) is 33.6. The molecule has 5 aromatic carbocycles. The van der Waals surface area contributed by atoms with Gasteiger partial charge in [-0.15, -0.1) is 29.7 Å². The number of pyridine rings is 1. The average Bonchev–Trinajstić information content (AvgIpc) is 3.73. The summed E-state index contributed by atoms with van der Waals surface area (Å²) in [6.45, 7) is 20.3. The van der Waals surface area contributed by atoms with Crippen molar-refractivity contribution in [1.29, 1.82) is 0 Å². The molecule has 0 unspecified atom stereocenters. The molecular weight excluding hydrogens is 868 g/mol. The van der Waals surface area contributed by atoms with E-state index in [0.717, 1.165) is 44.6 Å². The maximum absolute atomic E-state index is 6.61. The number of para-hydroxylation sites is 1. The van der Waals surface area contributed by atoms with Crippen molar-refractivity contribution in [3.05, 3.63) is 163 Å². The Labute approximate surface area is 345 Å². The molecule has 0 spiro atoms. The summed E-state index contributed by atoms with van der Waals surface area (Å²) in [5.41, 5.74) is 9.41. The van der Waals surface area contributed by atoms with Crippen molar-refractivity contribution < 1.29 is 30.4 Å². The number of imidazole rings is 1. The van der Waals surface area contributed by atoms with Gasteiger partial charge in [-0.2, -0.15) is 18.2 Å². The normalized spacial score (nSPS) is 12.2. The number of fused-ring (bicyclic) bond motifs is 3. The minimum Gasteiger partial charge on any atom is -0.510 e. The van der Waals surface area contributed by atoms with Crippen LogP contribution >= 0.6 is 0 Å². The maximum Gasteiger partial charge on any atom is 0.267 e. The Bertz CT molecular complexity index is 2680. The van der Waals surface area contributed by atoms with Gasteiger partial charge in [0.25, 0.3) is 6.33 Å². The number of aromatic nitrogens is 4. The van der Waals surface area contributed by atoms with Crippen molar-refractivity contribution in [2.75, 3.05) is 0 Å². The molecule has 0 radical (unpaired) electrons.